The van der Waals surface area contributed by atoms with E-state index in [1.807, 2.05) is 0 Å². The van der Waals surface area contributed by atoms with Crippen LogP contribution in [0.2, 0.25) is 0 Å². The van der Waals surface area contributed by atoms with Crippen LogP contribution in [0.4, 0.5) is 11.5 Å². The Morgan fingerprint density at radius 2 is 2.33 bits per heavy atom. The minimum Gasteiger partial charge on any atom is -0.371 e. The molecule has 1 atom stereocenters. The molecule has 1 unspecified atom stereocenters. The lowest BCUT2D eigenvalue weighted by molar-refractivity contribution is -0.384. The molecule has 1 N–H and O–H groups in total. The smallest absolute Gasteiger partial charge is 0.315 e. The first kappa shape index (κ1) is 12.0. The van der Waals surface area contributed by atoms with Crippen LogP contribution < -0.4 is 5.32 Å². The van der Waals surface area contributed by atoms with E-state index in [2.05, 4.69) is 26.2 Å². The van der Waals surface area contributed by atoms with Gasteiger partial charge in [0.05, 0.1) is 12.8 Å². The van der Waals surface area contributed by atoms with E-state index in [1.54, 1.807) is 13.8 Å². The number of hydrogen-bond acceptors (Lipinski definition) is 4. The quantitative estimate of drug-likeness (QED) is 0.518. The number of aromatic nitrogens is 1. The molecular formula is C8H9BBrN3O2. The molecule has 0 aliphatic heterocycles. The average molecular weight is 270 g/mol. The minimum absolute atomic E-state index is 0.0540. The van der Waals surface area contributed by atoms with E-state index in [-0.39, 0.29) is 11.5 Å². The molecule has 0 fully saturated rings. The van der Waals surface area contributed by atoms with Crippen molar-refractivity contribution < 1.29 is 4.92 Å². The summed E-state index contributed by atoms with van der Waals surface area (Å²) in [5, 5.41) is 13.6. The molecule has 7 heteroatoms. The van der Waals surface area contributed by atoms with Crippen LogP contribution in [-0.2, 0) is 0 Å². The van der Waals surface area contributed by atoms with E-state index in [0.29, 0.717) is 10.0 Å². The highest BCUT2D eigenvalue weighted by atomic mass is 79.9. The summed E-state index contributed by atoms with van der Waals surface area (Å²) < 4.78 is 0.601. The van der Waals surface area contributed by atoms with Gasteiger partial charge >= 0.3 is 5.69 Å². The molecule has 0 amide bonds. The Balaban J connectivity index is 3.27. The van der Waals surface area contributed by atoms with Crippen LogP contribution in [0.15, 0.2) is 10.7 Å². The van der Waals surface area contributed by atoms with E-state index >= 15 is 0 Å². The lowest BCUT2D eigenvalue weighted by Gasteiger charge is -2.11. The van der Waals surface area contributed by atoms with Crippen molar-refractivity contribution in [3.8, 4) is 0 Å². The summed E-state index contributed by atoms with van der Waals surface area (Å²) in [5.41, 5.74) is 0.472. The van der Waals surface area contributed by atoms with Crippen molar-refractivity contribution in [2.75, 3.05) is 5.32 Å². The molecule has 1 rings (SSSR count). The normalized spacial score (nSPS) is 12.2. The molecule has 0 aliphatic rings. The zero-order chi connectivity index (χ0) is 11.6. The Bertz CT molecular complexity index is 398. The maximum atomic E-state index is 10.8. The summed E-state index contributed by atoms with van der Waals surface area (Å²) in [6.45, 7) is 3.33. The van der Waals surface area contributed by atoms with Crippen LogP contribution in [0, 0.1) is 17.0 Å². The fourth-order valence-corrected chi connectivity index (χ4v) is 1.40. The molecule has 78 valence electrons. The first-order chi connectivity index (χ1) is 6.93. The number of nitrogens with zero attached hydrogens (tertiary/aromatic N) is 2. The van der Waals surface area contributed by atoms with Crippen molar-refractivity contribution in [2.24, 2.45) is 0 Å². The molecule has 0 bridgehead atoms. The molecule has 0 saturated carbocycles. The van der Waals surface area contributed by atoms with Crippen molar-refractivity contribution in [1.82, 2.24) is 4.98 Å². The Morgan fingerprint density at radius 3 is 2.80 bits per heavy atom. The molecule has 0 saturated heterocycles. The highest BCUT2D eigenvalue weighted by Crippen LogP contribution is 2.31. The predicted molar refractivity (Wildman–Crippen MR) is 62.2 cm³/mol. The lowest BCUT2D eigenvalue weighted by atomic mass is 9.99. The van der Waals surface area contributed by atoms with Gasteiger partial charge in [-0.15, -0.1) is 0 Å². The summed E-state index contributed by atoms with van der Waals surface area (Å²) in [6.07, 6.45) is 1.51. The van der Waals surface area contributed by atoms with Crippen LogP contribution >= 0.6 is 15.9 Å². The van der Waals surface area contributed by atoms with Crippen molar-refractivity contribution in [3.63, 3.8) is 0 Å². The first-order valence-electron chi connectivity index (χ1n) is 4.25. The molecule has 0 aromatic carbocycles. The summed E-state index contributed by atoms with van der Waals surface area (Å²) in [7, 11) is 5.50. The zero-order valence-corrected chi connectivity index (χ0v) is 9.91. The van der Waals surface area contributed by atoms with Gasteiger partial charge in [0.15, 0.2) is 0 Å². The molecular weight excluding hydrogens is 261 g/mol. The number of hydrogen-bond donors (Lipinski definition) is 1. The summed E-state index contributed by atoms with van der Waals surface area (Å²) in [6, 6.07) is 0. The molecule has 0 spiro atoms. The topological polar surface area (TPSA) is 68.1 Å². The second kappa shape index (κ2) is 4.61. The zero-order valence-electron chi connectivity index (χ0n) is 8.32. The van der Waals surface area contributed by atoms with Crippen molar-refractivity contribution >= 4 is 35.3 Å². The van der Waals surface area contributed by atoms with Crippen molar-refractivity contribution in [1.29, 1.82) is 0 Å². The third kappa shape index (κ3) is 2.68. The molecule has 1 aromatic rings. The summed E-state index contributed by atoms with van der Waals surface area (Å²) in [4.78, 5) is 14.3. The third-order valence-electron chi connectivity index (χ3n) is 1.79. The first-order valence-corrected chi connectivity index (χ1v) is 5.04. The Labute approximate surface area is 97.0 Å². The van der Waals surface area contributed by atoms with Crippen LogP contribution in [0.5, 0.6) is 0 Å². The highest BCUT2D eigenvalue weighted by molar-refractivity contribution is 9.10. The Kier molecular flexibility index (Phi) is 3.68. The molecule has 1 heterocycles. The maximum absolute atomic E-state index is 10.8. The van der Waals surface area contributed by atoms with E-state index < -0.39 is 10.9 Å². The van der Waals surface area contributed by atoms with E-state index in [9.17, 15) is 10.1 Å². The van der Waals surface area contributed by atoms with Gasteiger partial charge in [-0.2, -0.15) is 0 Å². The Morgan fingerprint density at radius 1 is 1.73 bits per heavy atom. The fraction of sp³-hybridized carbons (Fsp3) is 0.375. The number of rotatable bonds is 3. The molecule has 0 aliphatic carbocycles. The second-order valence-corrected chi connectivity index (χ2v) is 3.97. The van der Waals surface area contributed by atoms with Gasteiger partial charge in [0, 0.05) is 16.2 Å². The van der Waals surface area contributed by atoms with E-state index in [0.717, 1.165) is 0 Å². The van der Waals surface area contributed by atoms with Gasteiger partial charge in [-0.3, -0.25) is 10.1 Å². The molecule has 2 radical (unpaired) electrons. The standard InChI is InChI=1S/C8H9BBrN3O2/c1-4-6(10)3-11-8(12-5(2)9)7(4)13(14)15/h3,5H,1-2H3,(H,11,12). The minimum atomic E-state index is -0.474. The van der Waals surface area contributed by atoms with Gasteiger partial charge in [-0.05, 0) is 28.8 Å². The van der Waals surface area contributed by atoms with Gasteiger partial charge in [-0.25, -0.2) is 4.98 Å². The van der Waals surface area contributed by atoms with Gasteiger partial charge in [0.25, 0.3) is 0 Å². The van der Waals surface area contributed by atoms with Crippen molar-refractivity contribution in [2.45, 2.75) is 19.8 Å². The SMILES string of the molecule is [B]C(C)Nc1ncc(Br)c(C)c1[N+](=O)[O-]. The third-order valence-corrected chi connectivity index (χ3v) is 2.59. The van der Waals surface area contributed by atoms with Crippen LogP contribution in [0.1, 0.15) is 12.5 Å². The number of halogens is 1. The van der Waals surface area contributed by atoms with E-state index in [1.165, 1.54) is 6.20 Å². The lowest BCUT2D eigenvalue weighted by Crippen LogP contribution is -2.17. The van der Waals surface area contributed by atoms with Gasteiger partial charge in [0.2, 0.25) is 5.82 Å². The second-order valence-electron chi connectivity index (χ2n) is 3.12. The monoisotopic (exact) mass is 269 g/mol. The predicted octanol–water partition coefficient (Wildman–Crippen LogP) is 1.99. The fourth-order valence-electron chi connectivity index (χ4n) is 1.11. The number of nitrogens with one attached hydrogen (secondary N) is 1. The maximum Gasteiger partial charge on any atom is 0.315 e. The Hall–Kier alpha value is -1.11. The highest BCUT2D eigenvalue weighted by Gasteiger charge is 2.21. The number of anilines is 1. The largest absolute Gasteiger partial charge is 0.371 e. The average Bonchev–Trinajstić information content (AvgIpc) is 2.10. The van der Waals surface area contributed by atoms with Crippen LogP contribution in [0.3, 0.4) is 0 Å². The van der Waals surface area contributed by atoms with Crippen LogP contribution in [-0.4, -0.2) is 23.7 Å². The molecule has 5 nitrogen and oxygen atoms in total. The number of pyridine rings is 1. The van der Waals surface area contributed by atoms with E-state index in [4.69, 9.17) is 7.85 Å². The summed E-state index contributed by atoms with van der Waals surface area (Å²) in [5.74, 6) is -0.201. The molecule has 15 heavy (non-hydrogen) atoms. The van der Waals surface area contributed by atoms with Gasteiger partial charge < -0.3 is 5.32 Å². The van der Waals surface area contributed by atoms with Gasteiger partial charge in [0.1, 0.15) is 0 Å². The summed E-state index contributed by atoms with van der Waals surface area (Å²) >= 11 is 3.19. The molecule has 1 aromatic heterocycles. The van der Waals surface area contributed by atoms with Crippen LogP contribution in [0.25, 0.3) is 0 Å². The van der Waals surface area contributed by atoms with Crippen molar-refractivity contribution in [3.05, 3.63) is 26.3 Å². The van der Waals surface area contributed by atoms with Gasteiger partial charge in [-0.1, -0.05) is 6.92 Å². The number of nitro groups is 1.